The van der Waals surface area contributed by atoms with Crippen molar-refractivity contribution in [3.05, 3.63) is 71.7 Å². The first kappa shape index (κ1) is 19.5. The lowest BCUT2D eigenvalue weighted by atomic mass is 10.1. The van der Waals surface area contributed by atoms with E-state index in [4.69, 9.17) is 5.11 Å². The molecular weight excluding hydrogens is 388 g/mol. The van der Waals surface area contributed by atoms with Gasteiger partial charge in [-0.25, -0.2) is 23.7 Å². The first-order chi connectivity index (χ1) is 14.5. The maximum absolute atomic E-state index is 14.4. The largest absolute Gasteiger partial charge is 0.384 e. The van der Waals surface area contributed by atoms with E-state index in [2.05, 4.69) is 37.1 Å². The second-order valence-corrected chi connectivity index (χ2v) is 6.59. The Bertz CT molecular complexity index is 1260. The number of H-pyrrole nitrogens is 1. The Labute approximate surface area is 171 Å². The second-order valence-electron chi connectivity index (χ2n) is 6.59. The topological polar surface area (TPSA) is 86.7 Å². The molecule has 0 unspecified atom stereocenters. The average molecular weight is 405 g/mol. The molecule has 0 saturated carbocycles. The fourth-order valence-corrected chi connectivity index (χ4v) is 3.04. The highest BCUT2D eigenvalue weighted by molar-refractivity contribution is 5.92. The minimum Gasteiger partial charge on any atom is -0.384 e. The molecule has 0 bridgehead atoms. The summed E-state index contributed by atoms with van der Waals surface area (Å²) < 4.78 is 27.5. The van der Waals surface area contributed by atoms with Crippen LogP contribution >= 0.6 is 0 Å². The Kier molecular flexibility index (Phi) is 5.37. The Morgan fingerprint density at radius 2 is 1.97 bits per heavy atom. The van der Waals surface area contributed by atoms with Gasteiger partial charge in [-0.2, -0.15) is 0 Å². The molecule has 4 rings (SSSR count). The lowest BCUT2D eigenvalue weighted by molar-refractivity contribution is 0.350. The summed E-state index contributed by atoms with van der Waals surface area (Å²) in [6.07, 6.45) is 4.39. The summed E-state index contributed by atoms with van der Waals surface area (Å²) >= 11 is 0. The van der Waals surface area contributed by atoms with Crippen LogP contribution in [0.4, 0.5) is 14.6 Å². The number of nitrogens with one attached hydrogen (secondary N) is 2. The third-order valence-corrected chi connectivity index (χ3v) is 4.55. The number of hydrogen-bond acceptors (Lipinski definition) is 5. The fraction of sp³-hybridized carbons (Fsp3) is 0.136. The molecule has 1 atom stereocenters. The maximum atomic E-state index is 14.4. The molecule has 0 fully saturated rings. The van der Waals surface area contributed by atoms with Gasteiger partial charge in [-0.1, -0.05) is 24.0 Å². The number of rotatable bonds is 4. The molecule has 1 aromatic carbocycles. The van der Waals surface area contributed by atoms with Crippen molar-refractivity contribution < 1.29 is 13.9 Å². The van der Waals surface area contributed by atoms with Crippen LogP contribution in [-0.4, -0.2) is 31.6 Å². The number of aromatic amines is 1. The van der Waals surface area contributed by atoms with E-state index in [9.17, 15) is 8.78 Å². The number of anilines is 1. The molecule has 30 heavy (non-hydrogen) atoms. The van der Waals surface area contributed by atoms with Crippen LogP contribution in [0, 0.1) is 23.5 Å². The number of halogens is 2. The van der Waals surface area contributed by atoms with Crippen molar-refractivity contribution in [2.75, 3.05) is 11.9 Å². The number of benzene rings is 1. The normalized spacial score (nSPS) is 11.7. The summed E-state index contributed by atoms with van der Waals surface area (Å²) in [5, 5.41) is 12.6. The molecule has 4 aromatic rings. The van der Waals surface area contributed by atoms with Crippen LogP contribution < -0.4 is 5.32 Å². The van der Waals surface area contributed by atoms with Gasteiger partial charge < -0.3 is 15.4 Å². The van der Waals surface area contributed by atoms with Gasteiger partial charge in [0, 0.05) is 28.9 Å². The van der Waals surface area contributed by atoms with E-state index < -0.39 is 5.82 Å². The van der Waals surface area contributed by atoms with Crippen molar-refractivity contribution >= 4 is 16.9 Å². The molecule has 8 heteroatoms. The molecule has 3 heterocycles. The van der Waals surface area contributed by atoms with Crippen LogP contribution in [-0.2, 0) is 0 Å². The molecule has 0 aliphatic rings. The zero-order valence-corrected chi connectivity index (χ0v) is 15.9. The van der Waals surface area contributed by atoms with E-state index in [0.717, 1.165) is 17.1 Å². The monoisotopic (exact) mass is 405 g/mol. The molecule has 3 aromatic heterocycles. The molecule has 3 N–H and O–H groups in total. The zero-order chi connectivity index (χ0) is 21.1. The van der Waals surface area contributed by atoms with E-state index in [1.165, 1.54) is 12.1 Å². The molecule has 0 spiro atoms. The predicted octanol–water partition coefficient (Wildman–Crippen LogP) is 3.82. The Morgan fingerprint density at radius 1 is 1.17 bits per heavy atom. The summed E-state index contributed by atoms with van der Waals surface area (Å²) in [7, 11) is 0. The van der Waals surface area contributed by atoms with Gasteiger partial charge in [-0.3, -0.25) is 0 Å². The van der Waals surface area contributed by atoms with Gasteiger partial charge in [0.1, 0.15) is 18.1 Å². The first-order valence-corrected chi connectivity index (χ1v) is 9.17. The van der Waals surface area contributed by atoms with Gasteiger partial charge in [0.2, 0.25) is 0 Å². The van der Waals surface area contributed by atoms with Crippen LogP contribution in [0.2, 0.25) is 0 Å². The van der Waals surface area contributed by atoms with Crippen LogP contribution in [0.25, 0.3) is 22.4 Å². The van der Waals surface area contributed by atoms with Crippen molar-refractivity contribution in [3.63, 3.8) is 0 Å². The van der Waals surface area contributed by atoms with E-state index >= 15 is 0 Å². The molecule has 0 amide bonds. The number of pyridine rings is 1. The quantitative estimate of drug-likeness (QED) is 0.450. The Hall–Kier alpha value is -3.83. The third kappa shape index (κ3) is 3.97. The van der Waals surface area contributed by atoms with Gasteiger partial charge in [0.15, 0.2) is 17.5 Å². The number of fused-ring (bicyclic) bond motifs is 1. The fourth-order valence-electron chi connectivity index (χ4n) is 3.04. The zero-order valence-electron chi connectivity index (χ0n) is 15.9. The number of aliphatic hydroxyl groups is 1. The van der Waals surface area contributed by atoms with Gasteiger partial charge in [0.05, 0.1) is 12.2 Å². The van der Waals surface area contributed by atoms with E-state index in [1.54, 1.807) is 30.6 Å². The first-order valence-electron chi connectivity index (χ1n) is 9.17. The van der Waals surface area contributed by atoms with Crippen LogP contribution in [0.1, 0.15) is 24.1 Å². The van der Waals surface area contributed by atoms with Crippen molar-refractivity contribution in [2.45, 2.75) is 13.0 Å². The molecular formula is C22H17F2N5O. The Morgan fingerprint density at radius 3 is 2.73 bits per heavy atom. The molecule has 0 aliphatic carbocycles. The standard InChI is InChI=1S/C22H17F2N5O/c1-13(15-4-6-16(23)7-5-15)28-22-19(24)12-27-21(29-22)18-11-26-20-17(18)9-14(10-25-20)3-2-8-30/h4-7,9-13,30H,8H2,1H3,(H,25,26)(H,27,28,29)/t13-/m0/s1. The van der Waals surface area contributed by atoms with Crippen LogP contribution in [0.3, 0.4) is 0 Å². The molecule has 0 saturated heterocycles. The van der Waals surface area contributed by atoms with Gasteiger partial charge in [0.25, 0.3) is 0 Å². The van der Waals surface area contributed by atoms with Crippen molar-refractivity contribution in [3.8, 4) is 23.2 Å². The van der Waals surface area contributed by atoms with E-state index in [0.29, 0.717) is 22.6 Å². The number of nitrogens with zero attached hydrogens (tertiary/aromatic N) is 3. The summed E-state index contributed by atoms with van der Waals surface area (Å²) in [6, 6.07) is 7.47. The Balaban J connectivity index is 1.68. The highest BCUT2D eigenvalue weighted by Gasteiger charge is 2.15. The molecule has 150 valence electrons. The maximum Gasteiger partial charge on any atom is 0.183 e. The van der Waals surface area contributed by atoms with Gasteiger partial charge in [-0.15, -0.1) is 0 Å². The minimum absolute atomic E-state index is 0.0374. The highest BCUT2D eigenvalue weighted by Crippen LogP contribution is 2.28. The third-order valence-electron chi connectivity index (χ3n) is 4.55. The number of aliphatic hydroxyl groups excluding tert-OH is 1. The van der Waals surface area contributed by atoms with Crippen molar-refractivity contribution in [2.24, 2.45) is 0 Å². The summed E-state index contributed by atoms with van der Waals surface area (Å²) in [5.74, 6) is 4.80. The van der Waals surface area contributed by atoms with Gasteiger partial charge >= 0.3 is 0 Å². The second kappa shape index (κ2) is 8.27. The SMILES string of the molecule is C[C@H](Nc1nc(-c2c[nH]c3ncc(C#CCO)cc23)ncc1F)c1ccc(F)cc1. The van der Waals surface area contributed by atoms with Crippen molar-refractivity contribution in [1.29, 1.82) is 0 Å². The van der Waals surface area contributed by atoms with Crippen LogP contribution in [0.15, 0.2) is 48.9 Å². The lowest BCUT2D eigenvalue weighted by Crippen LogP contribution is -2.10. The summed E-state index contributed by atoms with van der Waals surface area (Å²) in [5.41, 5.74) is 2.67. The summed E-state index contributed by atoms with van der Waals surface area (Å²) in [6.45, 7) is 1.58. The van der Waals surface area contributed by atoms with E-state index in [1.807, 2.05) is 6.92 Å². The van der Waals surface area contributed by atoms with Crippen LogP contribution in [0.5, 0.6) is 0 Å². The summed E-state index contributed by atoms with van der Waals surface area (Å²) in [4.78, 5) is 15.8. The van der Waals surface area contributed by atoms with E-state index in [-0.39, 0.29) is 24.3 Å². The number of aromatic nitrogens is 4. The van der Waals surface area contributed by atoms with Gasteiger partial charge in [-0.05, 0) is 30.7 Å². The lowest BCUT2D eigenvalue weighted by Gasteiger charge is -2.15. The number of hydrogen-bond donors (Lipinski definition) is 3. The minimum atomic E-state index is -0.597. The average Bonchev–Trinajstić information content (AvgIpc) is 3.17. The molecule has 0 aliphatic heterocycles. The van der Waals surface area contributed by atoms with Crippen molar-refractivity contribution in [1.82, 2.24) is 19.9 Å². The predicted molar refractivity (Wildman–Crippen MR) is 109 cm³/mol. The molecule has 6 nitrogen and oxygen atoms in total. The highest BCUT2D eigenvalue weighted by atomic mass is 19.1. The smallest absolute Gasteiger partial charge is 0.183 e. The molecule has 0 radical (unpaired) electrons.